The maximum absolute atomic E-state index is 13.2. The van der Waals surface area contributed by atoms with Gasteiger partial charge in [0.05, 0.1) is 11.3 Å². The molecule has 3 aromatic rings. The van der Waals surface area contributed by atoms with Gasteiger partial charge in [-0.2, -0.15) is 13.2 Å². The first-order valence-corrected chi connectivity index (χ1v) is 8.29. The van der Waals surface area contributed by atoms with E-state index in [1.807, 2.05) is 6.07 Å². The van der Waals surface area contributed by atoms with Crippen molar-refractivity contribution in [2.75, 3.05) is 0 Å². The van der Waals surface area contributed by atoms with Crippen LogP contribution >= 0.6 is 11.3 Å². The molecular weight excluding hydrogens is 335 g/mol. The van der Waals surface area contributed by atoms with Gasteiger partial charge >= 0.3 is 6.18 Å². The first-order chi connectivity index (χ1) is 11.5. The van der Waals surface area contributed by atoms with E-state index in [1.54, 1.807) is 17.8 Å². The van der Waals surface area contributed by atoms with E-state index in [9.17, 15) is 13.2 Å². The van der Waals surface area contributed by atoms with Gasteiger partial charge in [-0.3, -0.25) is 9.97 Å². The molecule has 24 heavy (non-hydrogen) atoms. The summed E-state index contributed by atoms with van der Waals surface area (Å²) in [6, 6.07) is 2.89. The second-order valence-electron chi connectivity index (χ2n) is 5.24. The Labute approximate surface area is 141 Å². The van der Waals surface area contributed by atoms with Gasteiger partial charge in [0, 0.05) is 41.3 Å². The molecule has 3 aromatic heterocycles. The smallest absolute Gasteiger partial charge is 0.264 e. The summed E-state index contributed by atoms with van der Waals surface area (Å²) in [6.45, 7) is 2.07. The number of aryl methyl sites for hydroxylation is 1. The van der Waals surface area contributed by atoms with Gasteiger partial charge in [-0.25, -0.2) is 4.98 Å². The SMILES string of the molecule is CCCc1ccncc1-c1csc(-c2cnccc2C(F)(F)F)n1. The molecule has 124 valence electrons. The Morgan fingerprint density at radius 2 is 1.75 bits per heavy atom. The molecule has 0 aromatic carbocycles. The van der Waals surface area contributed by atoms with Gasteiger partial charge in [0.2, 0.25) is 0 Å². The fourth-order valence-electron chi connectivity index (χ4n) is 2.47. The average Bonchev–Trinajstić information content (AvgIpc) is 3.05. The Morgan fingerprint density at radius 1 is 1.04 bits per heavy atom. The summed E-state index contributed by atoms with van der Waals surface area (Å²) in [6.07, 6.45) is 3.16. The molecule has 0 aliphatic rings. The van der Waals surface area contributed by atoms with E-state index < -0.39 is 11.7 Å². The predicted molar refractivity (Wildman–Crippen MR) is 87.6 cm³/mol. The molecule has 0 saturated heterocycles. The Bertz CT molecular complexity index is 843. The van der Waals surface area contributed by atoms with E-state index in [2.05, 4.69) is 21.9 Å². The van der Waals surface area contributed by atoms with Gasteiger partial charge in [-0.1, -0.05) is 13.3 Å². The van der Waals surface area contributed by atoms with Crippen molar-refractivity contribution in [1.29, 1.82) is 0 Å². The molecule has 0 radical (unpaired) electrons. The lowest BCUT2D eigenvalue weighted by Crippen LogP contribution is -2.07. The van der Waals surface area contributed by atoms with Crippen LogP contribution in [-0.2, 0) is 12.6 Å². The van der Waals surface area contributed by atoms with E-state index in [4.69, 9.17) is 0 Å². The fourth-order valence-corrected chi connectivity index (χ4v) is 3.32. The number of thiazole rings is 1. The number of nitrogens with zero attached hydrogens (tertiary/aromatic N) is 3. The van der Waals surface area contributed by atoms with Gasteiger partial charge in [-0.15, -0.1) is 11.3 Å². The molecule has 0 bridgehead atoms. The lowest BCUT2D eigenvalue weighted by atomic mass is 10.0. The summed E-state index contributed by atoms with van der Waals surface area (Å²) < 4.78 is 39.5. The van der Waals surface area contributed by atoms with Gasteiger partial charge < -0.3 is 0 Å². The zero-order chi connectivity index (χ0) is 17.2. The Balaban J connectivity index is 2.05. The monoisotopic (exact) mass is 349 g/mol. The van der Waals surface area contributed by atoms with Crippen molar-refractivity contribution in [2.45, 2.75) is 25.9 Å². The minimum absolute atomic E-state index is 0.00202. The van der Waals surface area contributed by atoms with Crippen LogP contribution in [0, 0.1) is 0 Å². The Kier molecular flexibility index (Phi) is 4.62. The van der Waals surface area contributed by atoms with Gasteiger partial charge in [0.25, 0.3) is 0 Å². The van der Waals surface area contributed by atoms with Crippen LogP contribution < -0.4 is 0 Å². The van der Waals surface area contributed by atoms with Crippen molar-refractivity contribution in [1.82, 2.24) is 15.0 Å². The van der Waals surface area contributed by atoms with E-state index >= 15 is 0 Å². The van der Waals surface area contributed by atoms with E-state index in [1.165, 1.54) is 17.5 Å². The molecular formula is C17H14F3N3S. The van der Waals surface area contributed by atoms with E-state index in [-0.39, 0.29) is 5.56 Å². The van der Waals surface area contributed by atoms with Crippen molar-refractivity contribution >= 4 is 11.3 Å². The number of hydrogen-bond acceptors (Lipinski definition) is 4. The molecule has 7 heteroatoms. The zero-order valence-electron chi connectivity index (χ0n) is 12.8. The van der Waals surface area contributed by atoms with Crippen molar-refractivity contribution in [2.24, 2.45) is 0 Å². The van der Waals surface area contributed by atoms with Crippen molar-refractivity contribution in [3.63, 3.8) is 0 Å². The molecule has 0 amide bonds. The van der Waals surface area contributed by atoms with Crippen molar-refractivity contribution < 1.29 is 13.2 Å². The first kappa shape index (κ1) is 16.6. The number of alkyl halides is 3. The topological polar surface area (TPSA) is 38.7 Å². The molecule has 0 spiro atoms. The van der Waals surface area contributed by atoms with Crippen LogP contribution in [0.5, 0.6) is 0 Å². The van der Waals surface area contributed by atoms with Crippen LogP contribution in [-0.4, -0.2) is 15.0 Å². The van der Waals surface area contributed by atoms with Crippen LogP contribution in [0.2, 0.25) is 0 Å². The Morgan fingerprint density at radius 3 is 2.46 bits per heavy atom. The normalized spacial score (nSPS) is 11.7. The summed E-state index contributed by atoms with van der Waals surface area (Å²) in [5.41, 5.74) is 1.87. The van der Waals surface area contributed by atoms with Crippen molar-refractivity contribution in [3.05, 3.63) is 53.4 Å². The van der Waals surface area contributed by atoms with E-state index in [0.29, 0.717) is 10.7 Å². The molecule has 0 saturated carbocycles. The third-order valence-electron chi connectivity index (χ3n) is 3.57. The summed E-state index contributed by atoms with van der Waals surface area (Å²) >= 11 is 1.18. The number of halogens is 3. The van der Waals surface area contributed by atoms with Crippen LogP contribution in [0.3, 0.4) is 0 Å². The maximum atomic E-state index is 13.2. The molecule has 0 N–H and O–H groups in total. The molecule has 0 atom stereocenters. The zero-order valence-corrected chi connectivity index (χ0v) is 13.7. The van der Waals surface area contributed by atoms with Crippen LogP contribution in [0.1, 0.15) is 24.5 Å². The lowest BCUT2D eigenvalue weighted by molar-refractivity contribution is -0.137. The molecule has 0 aliphatic carbocycles. The molecule has 3 heterocycles. The number of pyridine rings is 2. The average molecular weight is 349 g/mol. The van der Waals surface area contributed by atoms with Gasteiger partial charge in [0.1, 0.15) is 5.01 Å². The predicted octanol–water partition coefficient (Wildman–Crippen LogP) is 5.24. The maximum Gasteiger partial charge on any atom is 0.417 e. The standard InChI is InChI=1S/C17H14F3N3S/c1-2-3-11-4-6-21-8-12(11)15-10-24-16(23-15)13-9-22-7-5-14(13)17(18,19)20/h4-10H,2-3H2,1H3. The molecule has 3 rings (SSSR count). The Hall–Kier alpha value is -2.28. The first-order valence-electron chi connectivity index (χ1n) is 7.41. The third-order valence-corrected chi connectivity index (χ3v) is 4.44. The highest BCUT2D eigenvalue weighted by atomic mass is 32.1. The molecule has 0 aliphatic heterocycles. The highest BCUT2D eigenvalue weighted by molar-refractivity contribution is 7.13. The number of aromatic nitrogens is 3. The molecule has 0 unspecified atom stereocenters. The highest BCUT2D eigenvalue weighted by Crippen LogP contribution is 2.38. The lowest BCUT2D eigenvalue weighted by Gasteiger charge is -2.10. The second-order valence-corrected chi connectivity index (χ2v) is 6.10. The fraction of sp³-hybridized carbons (Fsp3) is 0.235. The highest BCUT2D eigenvalue weighted by Gasteiger charge is 2.34. The quantitative estimate of drug-likeness (QED) is 0.647. The number of rotatable bonds is 4. The molecule has 0 fully saturated rings. The third kappa shape index (κ3) is 3.31. The van der Waals surface area contributed by atoms with Crippen molar-refractivity contribution in [3.8, 4) is 21.8 Å². The summed E-state index contributed by atoms with van der Waals surface area (Å²) in [4.78, 5) is 12.3. The van der Waals surface area contributed by atoms with Crippen LogP contribution in [0.15, 0.2) is 42.3 Å². The minimum Gasteiger partial charge on any atom is -0.264 e. The van der Waals surface area contributed by atoms with E-state index in [0.717, 1.165) is 36.2 Å². The largest absolute Gasteiger partial charge is 0.417 e. The summed E-state index contributed by atoms with van der Waals surface area (Å²) in [5.74, 6) is 0. The molecule has 3 nitrogen and oxygen atoms in total. The van der Waals surface area contributed by atoms with Gasteiger partial charge in [-0.05, 0) is 24.1 Å². The van der Waals surface area contributed by atoms with Crippen LogP contribution in [0.25, 0.3) is 21.8 Å². The van der Waals surface area contributed by atoms with Gasteiger partial charge in [0.15, 0.2) is 0 Å². The summed E-state index contributed by atoms with van der Waals surface area (Å²) in [7, 11) is 0. The second kappa shape index (κ2) is 6.68. The number of hydrogen-bond donors (Lipinski definition) is 0. The minimum atomic E-state index is -4.44. The van der Waals surface area contributed by atoms with Crippen LogP contribution in [0.4, 0.5) is 13.2 Å². The summed E-state index contributed by atoms with van der Waals surface area (Å²) in [5, 5.41) is 2.07.